The van der Waals surface area contributed by atoms with Crippen molar-refractivity contribution < 1.29 is 48.5 Å². The molecule has 0 radical (unpaired) electrons. The zero-order chi connectivity index (χ0) is 33.2. The van der Waals surface area contributed by atoms with Crippen molar-refractivity contribution in [2.75, 3.05) is 5.88 Å². The third-order valence-corrected chi connectivity index (χ3v) is 8.60. The number of nitrogens with zero attached hydrogens (tertiary/aromatic N) is 6. The van der Waals surface area contributed by atoms with Crippen LogP contribution in [0.15, 0.2) is 78.2 Å². The molecule has 2 aliphatic heterocycles. The van der Waals surface area contributed by atoms with Gasteiger partial charge in [0.15, 0.2) is 11.9 Å². The van der Waals surface area contributed by atoms with Gasteiger partial charge >= 0.3 is 29.1 Å². The Balaban J connectivity index is 1.19. The molecule has 46 heavy (non-hydrogen) atoms. The molecule has 17 heteroatoms. The van der Waals surface area contributed by atoms with E-state index >= 15 is 0 Å². The van der Waals surface area contributed by atoms with Crippen LogP contribution in [0.25, 0.3) is 17.1 Å². The number of aromatic nitrogens is 3. The van der Waals surface area contributed by atoms with E-state index in [1.807, 2.05) is 16.5 Å². The molecule has 0 spiro atoms. The molecule has 0 fully saturated rings. The summed E-state index contributed by atoms with van der Waals surface area (Å²) in [6.45, 7) is 1.96. The molecule has 0 N–H and O–H groups in total. The first-order valence-electron chi connectivity index (χ1n) is 13.3. The van der Waals surface area contributed by atoms with E-state index in [4.69, 9.17) is 0 Å². The minimum atomic E-state index is -6.81. The molecule has 6 nitrogen and oxygen atoms in total. The summed E-state index contributed by atoms with van der Waals surface area (Å²) in [7, 11) is 0. The topological polar surface area (TPSA) is 49.3 Å². The van der Waals surface area contributed by atoms with E-state index in [0.29, 0.717) is 17.0 Å². The summed E-state index contributed by atoms with van der Waals surface area (Å²) in [5.41, 5.74) is -5.08. The minimum absolute atomic E-state index is 0.0773. The zero-order valence-electron chi connectivity index (χ0n) is 23.2. The number of hydrazone groups is 1. The van der Waals surface area contributed by atoms with E-state index in [1.54, 1.807) is 48.3 Å². The van der Waals surface area contributed by atoms with E-state index in [-0.39, 0.29) is 35.5 Å². The molecule has 6 rings (SSSR count). The summed E-state index contributed by atoms with van der Waals surface area (Å²) in [6.07, 6.45) is -10.6. The summed E-state index contributed by atoms with van der Waals surface area (Å²) >= 11 is 1.58. The van der Waals surface area contributed by atoms with Crippen molar-refractivity contribution in [3.05, 3.63) is 95.6 Å². The van der Waals surface area contributed by atoms with Crippen LogP contribution in [-0.4, -0.2) is 59.9 Å². The molecule has 3 aromatic carbocycles. The van der Waals surface area contributed by atoms with Gasteiger partial charge in [-0.2, -0.15) is 35.1 Å². The van der Waals surface area contributed by atoms with Crippen LogP contribution in [0.1, 0.15) is 29.7 Å². The van der Waals surface area contributed by atoms with Crippen LogP contribution >= 0.6 is 11.8 Å². The summed E-state index contributed by atoms with van der Waals surface area (Å²) in [5, 5.41) is 11.5. The standard InChI is InChI=1S/C29H19F10N6S/c1-16-22-11-8-20(30)12-23(22)43-15-46-25(43)45(16)41-13-17-2-4-18(5-3-17)24-40-14-44(42-24)21-9-6-19(7-10-21)26(31,28(34,35)36)27(32,33)29(37,38)39/h2-14,16H,15H2,1H3/q+1. The van der Waals surface area contributed by atoms with Crippen LogP contribution in [-0.2, 0) is 5.67 Å². The average molecular weight is 674 g/mol. The van der Waals surface area contributed by atoms with Gasteiger partial charge in [0.05, 0.1) is 11.9 Å². The van der Waals surface area contributed by atoms with Gasteiger partial charge in [0.25, 0.3) is 0 Å². The third-order valence-electron chi connectivity index (χ3n) is 7.55. The Morgan fingerprint density at radius 3 is 2.15 bits per heavy atom. The largest absolute Gasteiger partial charge is 0.457 e. The number of alkyl halides is 9. The molecule has 0 bridgehead atoms. The highest BCUT2D eigenvalue weighted by Crippen LogP contribution is 2.58. The van der Waals surface area contributed by atoms with Gasteiger partial charge in [-0.05, 0) is 36.8 Å². The second kappa shape index (κ2) is 10.8. The average Bonchev–Trinajstić information content (AvgIpc) is 3.47. The van der Waals surface area contributed by atoms with E-state index in [1.165, 1.54) is 12.1 Å². The fraction of sp³-hybridized carbons (Fsp3) is 0.241. The van der Waals surface area contributed by atoms with E-state index in [0.717, 1.165) is 39.6 Å². The Kier molecular flexibility index (Phi) is 7.44. The normalized spacial score (nSPS) is 18.3. The first-order chi connectivity index (χ1) is 21.5. The van der Waals surface area contributed by atoms with Gasteiger partial charge in [-0.15, -0.1) is 10.1 Å². The fourth-order valence-electron chi connectivity index (χ4n) is 5.03. The van der Waals surface area contributed by atoms with Crippen LogP contribution in [0.5, 0.6) is 0 Å². The summed E-state index contributed by atoms with van der Waals surface area (Å²) < 4.78 is 137. The zero-order valence-corrected chi connectivity index (χ0v) is 24.0. The SMILES string of the molecule is CC1c2ccc(F)cc2[N+]2=C(SC2)N1N=Cc1ccc(-c2ncn(-c3ccc(C(F)(C(F)(F)F)C(F)(F)C(F)(F)F)cc3)n2)cc1. The van der Waals surface area contributed by atoms with Crippen LogP contribution in [0.2, 0.25) is 0 Å². The molecule has 0 saturated heterocycles. The molecular formula is C29H19F10N6S+. The maximum Gasteiger partial charge on any atom is 0.457 e. The number of fused-ring (bicyclic) bond motifs is 2. The van der Waals surface area contributed by atoms with Crippen molar-refractivity contribution in [2.45, 2.75) is 36.9 Å². The van der Waals surface area contributed by atoms with Gasteiger partial charge in [-0.25, -0.2) is 23.0 Å². The molecule has 2 atom stereocenters. The lowest BCUT2D eigenvalue weighted by atomic mass is 9.87. The number of amidine groups is 1. The predicted molar refractivity (Wildman–Crippen MR) is 148 cm³/mol. The molecule has 1 aromatic heterocycles. The highest BCUT2D eigenvalue weighted by atomic mass is 32.2. The monoisotopic (exact) mass is 673 g/mol. The van der Waals surface area contributed by atoms with Crippen molar-refractivity contribution in [3.8, 4) is 17.1 Å². The van der Waals surface area contributed by atoms with Crippen LogP contribution in [0.4, 0.5) is 49.6 Å². The highest BCUT2D eigenvalue weighted by Gasteiger charge is 2.81. The molecular weight excluding hydrogens is 654 g/mol. The molecule has 3 heterocycles. The molecule has 0 saturated carbocycles. The van der Waals surface area contributed by atoms with Crippen molar-refractivity contribution >= 4 is 28.8 Å². The van der Waals surface area contributed by atoms with Crippen molar-refractivity contribution in [2.24, 2.45) is 5.10 Å². The molecule has 2 unspecified atom stereocenters. The number of halogens is 10. The number of hydrogen-bond acceptors (Lipinski definition) is 5. The first-order valence-corrected chi connectivity index (χ1v) is 14.2. The van der Waals surface area contributed by atoms with Crippen molar-refractivity contribution in [1.82, 2.24) is 19.8 Å². The maximum atomic E-state index is 14.7. The van der Waals surface area contributed by atoms with Gasteiger partial charge in [-0.3, -0.25) is 0 Å². The molecule has 240 valence electrons. The maximum absolute atomic E-state index is 14.7. The third kappa shape index (κ3) is 5.00. The second-order valence-corrected chi connectivity index (χ2v) is 11.3. The van der Waals surface area contributed by atoms with E-state index in [9.17, 15) is 43.9 Å². The van der Waals surface area contributed by atoms with Crippen LogP contribution in [0, 0.1) is 5.82 Å². The minimum Gasteiger partial charge on any atom is -0.221 e. The van der Waals surface area contributed by atoms with Gasteiger partial charge in [0.1, 0.15) is 23.7 Å². The van der Waals surface area contributed by atoms with E-state index in [2.05, 4.69) is 15.2 Å². The Bertz CT molecular complexity index is 1850. The quantitative estimate of drug-likeness (QED) is 0.118. The number of benzene rings is 3. The summed E-state index contributed by atoms with van der Waals surface area (Å²) in [5.74, 6) is -6.26. The fourth-order valence-corrected chi connectivity index (χ4v) is 5.98. The first kappa shape index (κ1) is 31.6. The van der Waals surface area contributed by atoms with Crippen molar-refractivity contribution in [3.63, 3.8) is 0 Å². The van der Waals surface area contributed by atoms with Gasteiger partial charge in [-0.1, -0.05) is 41.5 Å². The molecule has 0 aliphatic carbocycles. The van der Waals surface area contributed by atoms with Gasteiger partial charge in [0.2, 0.25) is 0 Å². The van der Waals surface area contributed by atoms with Crippen LogP contribution in [0.3, 0.4) is 0 Å². The Morgan fingerprint density at radius 2 is 1.57 bits per heavy atom. The van der Waals surface area contributed by atoms with Crippen LogP contribution < -0.4 is 0 Å². The highest BCUT2D eigenvalue weighted by molar-refractivity contribution is 8.14. The lowest BCUT2D eigenvalue weighted by Gasteiger charge is -2.36. The predicted octanol–water partition coefficient (Wildman–Crippen LogP) is 8.11. The molecule has 2 aliphatic rings. The molecule has 4 aromatic rings. The van der Waals surface area contributed by atoms with Gasteiger partial charge < -0.3 is 0 Å². The van der Waals surface area contributed by atoms with Crippen molar-refractivity contribution in [1.29, 1.82) is 0 Å². The Morgan fingerprint density at radius 1 is 0.891 bits per heavy atom. The smallest absolute Gasteiger partial charge is 0.221 e. The lowest BCUT2D eigenvalue weighted by molar-refractivity contribution is -0.434. The summed E-state index contributed by atoms with van der Waals surface area (Å²) in [4.78, 5) is 4.11. The second-order valence-electron chi connectivity index (χ2n) is 10.4. The van der Waals surface area contributed by atoms with Gasteiger partial charge in [0, 0.05) is 34.5 Å². The number of thioether (sulfide) groups is 1. The Hall–Kier alpha value is -4.41. The summed E-state index contributed by atoms with van der Waals surface area (Å²) in [6, 6.07) is 13.1. The lowest BCUT2D eigenvalue weighted by Crippen LogP contribution is -2.59. The number of rotatable bonds is 6. The Labute approximate surface area is 257 Å². The van der Waals surface area contributed by atoms with E-state index < -0.39 is 29.5 Å². The number of hydrogen-bond donors (Lipinski definition) is 0. The molecule has 0 amide bonds.